The first-order valence-electron chi connectivity index (χ1n) is 4.71. The molecule has 0 aromatic carbocycles. The van der Waals surface area contributed by atoms with Crippen LogP contribution in [0, 0.1) is 13.8 Å². The fourth-order valence-electron chi connectivity index (χ4n) is 1.25. The van der Waals surface area contributed by atoms with E-state index in [-0.39, 0.29) is 0 Å². The first-order valence-corrected chi connectivity index (χ1v) is 5.88. The number of aromatic nitrogens is 3. The summed E-state index contributed by atoms with van der Waals surface area (Å²) in [6.07, 6.45) is 1.70. The maximum absolute atomic E-state index is 6.03. The Morgan fingerprint density at radius 3 is 2.62 bits per heavy atom. The molecule has 2 rings (SSSR count). The molecule has 2 aromatic rings. The normalized spacial score (nSPS) is 10.5. The average molecular weight is 299 g/mol. The number of nitrogens with zero attached hydrogens (tertiary/aromatic N) is 3. The molecule has 5 heteroatoms. The average Bonchev–Trinajstić information content (AvgIpc) is 2.26. The van der Waals surface area contributed by atoms with Crippen LogP contribution < -0.4 is 0 Å². The lowest BCUT2D eigenvalue weighted by Crippen LogP contribution is -1.98. The Balaban J connectivity index is 2.62. The second kappa shape index (κ2) is 4.47. The van der Waals surface area contributed by atoms with Gasteiger partial charge in [0.2, 0.25) is 0 Å². The second-order valence-electron chi connectivity index (χ2n) is 3.38. The molecule has 0 aliphatic carbocycles. The molecule has 0 atom stereocenters. The van der Waals surface area contributed by atoms with Gasteiger partial charge in [-0.15, -0.1) is 0 Å². The van der Waals surface area contributed by atoms with Gasteiger partial charge in [-0.3, -0.25) is 4.98 Å². The van der Waals surface area contributed by atoms with E-state index in [0.29, 0.717) is 16.7 Å². The summed E-state index contributed by atoms with van der Waals surface area (Å²) in [6.45, 7) is 3.80. The van der Waals surface area contributed by atoms with Gasteiger partial charge in [-0.05, 0) is 41.9 Å². The minimum absolute atomic E-state index is 0.472. The third-order valence-corrected chi connectivity index (χ3v) is 3.31. The molecule has 0 unspecified atom stereocenters. The van der Waals surface area contributed by atoms with Crippen molar-refractivity contribution >= 4 is 27.5 Å². The van der Waals surface area contributed by atoms with Gasteiger partial charge in [0.25, 0.3) is 0 Å². The number of pyridine rings is 1. The molecule has 0 saturated carbocycles. The van der Waals surface area contributed by atoms with Gasteiger partial charge in [-0.25, -0.2) is 9.97 Å². The van der Waals surface area contributed by atoms with E-state index in [2.05, 4.69) is 30.9 Å². The quantitative estimate of drug-likeness (QED) is 0.755. The van der Waals surface area contributed by atoms with Gasteiger partial charge in [0.1, 0.15) is 10.8 Å². The van der Waals surface area contributed by atoms with Gasteiger partial charge >= 0.3 is 0 Å². The third-order valence-electron chi connectivity index (χ3n) is 2.30. The summed E-state index contributed by atoms with van der Waals surface area (Å²) in [5, 5.41) is 0.472. The molecule has 0 amide bonds. The first-order chi connectivity index (χ1) is 7.59. The summed E-state index contributed by atoms with van der Waals surface area (Å²) in [6, 6.07) is 3.74. The zero-order chi connectivity index (χ0) is 11.7. The van der Waals surface area contributed by atoms with E-state index >= 15 is 0 Å². The van der Waals surface area contributed by atoms with Crippen molar-refractivity contribution in [2.45, 2.75) is 13.8 Å². The van der Waals surface area contributed by atoms with Crippen LogP contribution in [-0.4, -0.2) is 15.0 Å². The predicted molar refractivity (Wildman–Crippen MR) is 67.4 cm³/mol. The van der Waals surface area contributed by atoms with E-state index in [4.69, 9.17) is 11.6 Å². The topological polar surface area (TPSA) is 38.7 Å². The van der Waals surface area contributed by atoms with Crippen molar-refractivity contribution in [2.24, 2.45) is 0 Å². The monoisotopic (exact) mass is 297 g/mol. The second-order valence-corrected chi connectivity index (χ2v) is 4.59. The van der Waals surface area contributed by atoms with Crippen molar-refractivity contribution in [2.75, 3.05) is 0 Å². The highest BCUT2D eigenvalue weighted by atomic mass is 79.9. The van der Waals surface area contributed by atoms with Crippen LogP contribution in [0.1, 0.15) is 11.3 Å². The van der Waals surface area contributed by atoms with Gasteiger partial charge in [-0.2, -0.15) is 0 Å². The highest BCUT2D eigenvalue weighted by molar-refractivity contribution is 9.10. The summed E-state index contributed by atoms with van der Waals surface area (Å²) in [5.41, 5.74) is 2.47. The zero-order valence-electron chi connectivity index (χ0n) is 8.83. The Morgan fingerprint density at radius 1 is 1.25 bits per heavy atom. The van der Waals surface area contributed by atoms with E-state index in [0.717, 1.165) is 15.7 Å². The Labute approximate surface area is 107 Å². The fourth-order valence-corrected chi connectivity index (χ4v) is 1.90. The predicted octanol–water partition coefficient (Wildman–Crippen LogP) is 3.57. The van der Waals surface area contributed by atoms with Crippen LogP contribution in [0.25, 0.3) is 11.5 Å². The Hall–Kier alpha value is -1.00. The van der Waals surface area contributed by atoms with Crippen molar-refractivity contribution in [3.63, 3.8) is 0 Å². The van der Waals surface area contributed by atoms with Crippen LogP contribution in [-0.2, 0) is 0 Å². The van der Waals surface area contributed by atoms with E-state index in [9.17, 15) is 0 Å². The summed E-state index contributed by atoms with van der Waals surface area (Å²) in [5.74, 6) is 0.542. The van der Waals surface area contributed by atoms with Gasteiger partial charge in [-0.1, -0.05) is 11.6 Å². The number of hydrogen-bond acceptors (Lipinski definition) is 3. The number of hydrogen-bond donors (Lipinski definition) is 0. The van der Waals surface area contributed by atoms with Crippen LogP contribution in [0.15, 0.2) is 22.8 Å². The summed E-state index contributed by atoms with van der Waals surface area (Å²) >= 11 is 9.44. The van der Waals surface area contributed by atoms with Crippen LogP contribution in [0.4, 0.5) is 0 Å². The van der Waals surface area contributed by atoms with E-state index in [1.807, 2.05) is 26.0 Å². The molecule has 0 fully saturated rings. The van der Waals surface area contributed by atoms with Gasteiger partial charge < -0.3 is 0 Å². The summed E-state index contributed by atoms with van der Waals surface area (Å²) in [7, 11) is 0. The maximum atomic E-state index is 6.03. The molecule has 0 saturated heterocycles. The number of rotatable bonds is 1. The molecule has 0 bridgehead atoms. The molecule has 0 aliphatic rings. The number of halogens is 2. The van der Waals surface area contributed by atoms with Crippen LogP contribution in [0.3, 0.4) is 0 Å². The maximum Gasteiger partial charge on any atom is 0.180 e. The van der Waals surface area contributed by atoms with Crippen molar-refractivity contribution in [3.05, 3.63) is 39.2 Å². The molecule has 2 aromatic heterocycles. The van der Waals surface area contributed by atoms with Gasteiger partial charge in [0.15, 0.2) is 5.82 Å². The largest absolute Gasteiger partial charge is 0.252 e. The molecular weight excluding hydrogens is 289 g/mol. The lowest BCUT2D eigenvalue weighted by molar-refractivity contribution is 1.05. The molecule has 82 valence electrons. The summed E-state index contributed by atoms with van der Waals surface area (Å²) in [4.78, 5) is 12.8. The summed E-state index contributed by atoms with van der Waals surface area (Å²) < 4.78 is 0.856. The molecule has 16 heavy (non-hydrogen) atoms. The van der Waals surface area contributed by atoms with Gasteiger partial charge in [0, 0.05) is 21.9 Å². The Kier molecular flexibility index (Phi) is 3.21. The van der Waals surface area contributed by atoms with E-state index in [1.54, 1.807) is 6.20 Å². The SMILES string of the molecule is Cc1nc(-c2ncccc2Br)nc(Cl)c1C. The Morgan fingerprint density at radius 2 is 2.00 bits per heavy atom. The van der Waals surface area contributed by atoms with Crippen LogP contribution in [0.2, 0.25) is 5.15 Å². The minimum atomic E-state index is 0.472. The van der Waals surface area contributed by atoms with Crippen molar-refractivity contribution in [3.8, 4) is 11.5 Å². The minimum Gasteiger partial charge on any atom is -0.252 e. The van der Waals surface area contributed by atoms with Crippen LogP contribution >= 0.6 is 27.5 Å². The molecule has 0 aliphatic heterocycles. The molecule has 0 radical (unpaired) electrons. The Bertz CT molecular complexity index is 519. The van der Waals surface area contributed by atoms with Crippen molar-refractivity contribution in [1.82, 2.24) is 15.0 Å². The number of aryl methyl sites for hydroxylation is 1. The smallest absolute Gasteiger partial charge is 0.180 e. The standard InChI is InChI=1S/C11H9BrClN3/c1-6-7(2)15-11(16-10(6)13)9-8(12)4-3-5-14-9/h3-5H,1-2H3. The van der Waals surface area contributed by atoms with Crippen LogP contribution in [0.5, 0.6) is 0 Å². The van der Waals surface area contributed by atoms with Gasteiger partial charge in [0.05, 0.1) is 0 Å². The van der Waals surface area contributed by atoms with E-state index < -0.39 is 0 Å². The highest BCUT2D eigenvalue weighted by Crippen LogP contribution is 2.25. The van der Waals surface area contributed by atoms with E-state index in [1.165, 1.54) is 0 Å². The first kappa shape index (κ1) is 11.5. The van der Waals surface area contributed by atoms with Crippen molar-refractivity contribution < 1.29 is 0 Å². The fraction of sp³-hybridized carbons (Fsp3) is 0.182. The molecule has 3 nitrogen and oxygen atoms in total. The molecule has 2 heterocycles. The zero-order valence-corrected chi connectivity index (χ0v) is 11.2. The molecule has 0 spiro atoms. The third kappa shape index (κ3) is 2.08. The lowest BCUT2D eigenvalue weighted by atomic mass is 10.2. The lowest BCUT2D eigenvalue weighted by Gasteiger charge is -2.06. The van der Waals surface area contributed by atoms with Crippen molar-refractivity contribution in [1.29, 1.82) is 0 Å². The molecule has 0 N–H and O–H groups in total. The molecular formula is C11H9BrClN3. The highest BCUT2D eigenvalue weighted by Gasteiger charge is 2.11.